The summed E-state index contributed by atoms with van der Waals surface area (Å²) in [4.78, 5) is 0. The third-order valence-electron chi connectivity index (χ3n) is 2.54. The summed E-state index contributed by atoms with van der Waals surface area (Å²) in [6.45, 7) is 3.45. The maximum atomic E-state index is 13.7. The monoisotopic (exact) mass is 297 g/mol. The van der Waals surface area contributed by atoms with Gasteiger partial charge in [0.1, 0.15) is 5.82 Å². The molecule has 3 nitrogen and oxygen atoms in total. The van der Waals surface area contributed by atoms with Crippen molar-refractivity contribution in [2.24, 2.45) is 0 Å². The van der Waals surface area contributed by atoms with Crippen molar-refractivity contribution in [1.29, 1.82) is 0 Å². The van der Waals surface area contributed by atoms with Crippen LogP contribution in [0, 0.1) is 17.5 Å². The topological polar surface area (TPSA) is 44.5 Å². The summed E-state index contributed by atoms with van der Waals surface area (Å²) in [6.07, 6.45) is -0.262. The van der Waals surface area contributed by atoms with Crippen molar-refractivity contribution in [2.75, 3.05) is 5.73 Å². The van der Waals surface area contributed by atoms with E-state index in [1.54, 1.807) is 13.8 Å². The van der Waals surface area contributed by atoms with Crippen molar-refractivity contribution >= 4 is 5.69 Å². The van der Waals surface area contributed by atoms with E-state index in [0.29, 0.717) is 0 Å². The lowest BCUT2D eigenvalue weighted by atomic mass is 10.2. The first-order valence-corrected chi connectivity index (χ1v) is 6.25. The SMILES string of the molecule is CC(C)Oc1cc(Oc2cc(F)ccc2F)c(N)cc1F. The van der Waals surface area contributed by atoms with Crippen molar-refractivity contribution < 1.29 is 22.6 Å². The fourth-order valence-electron chi connectivity index (χ4n) is 1.66. The zero-order valence-corrected chi connectivity index (χ0v) is 11.5. The molecule has 2 rings (SSSR count). The molecular weight excluding hydrogens is 283 g/mol. The van der Waals surface area contributed by atoms with Crippen LogP contribution >= 0.6 is 0 Å². The fraction of sp³-hybridized carbons (Fsp3) is 0.200. The Morgan fingerprint density at radius 2 is 1.62 bits per heavy atom. The molecule has 112 valence electrons. The maximum Gasteiger partial charge on any atom is 0.167 e. The van der Waals surface area contributed by atoms with Gasteiger partial charge in [0, 0.05) is 18.2 Å². The third kappa shape index (κ3) is 3.59. The standard InChI is InChI=1S/C15H14F3NO2/c1-8(2)20-14-7-15(12(19)6-11(14)18)21-13-5-9(16)3-4-10(13)17/h3-8H,19H2,1-2H3. The van der Waals surface area contributed by atoms with Gasteiger partial charge in [-0.1, -0.05) is 0 Å². The van der Waals surface area contributed by atoms with E-state index in [9.17, 15) is 13.2 Å². The number of benzene rings is 2. The van der Waals surface area contributed by atoms with Gasteiger partial charge < -0.3 is 15.2 Å². The van der Waals surface area contributed by atoms with Crippen LogP contribution < -0.4 is 15.2 Å². The molecule has 2 aromatic carbocycles. The van der Waals surface area contributed by atoms with Crippen LogP contribution in [0.3, 0.4) is 0 Å². The van der Waals surface area contributed by atoms with Gasteiger partial charge in [-0.15, -0.1) is 0 Å². The summed E-state index contributed by atoms with van der Waals surface area (Å²) in [5.74, 6) is -2.52. The zero-order chi connectivity index (χ0) is 15.6. The van der Waals surface area contributed by atoms with E-state index in [1.807, 2.05) is 0 Å². The van der Waals surface area contributed by atoms with E-state index in [0.717, 1.165) is 24.3 Å². The highest BCUT2D eigenvalue weighted by atomic mass is 19.1. The Morgan fingerprint density at radius 3 is 2.29 bits per heavy atom. The van der Waals surface area contributed by atoms with Crippen molar-refractivity contribution in [1.82, 2.24) is 0 Å². The largest absolute Gasteiger partial charge is 0.488 e. The lowest BCUT2D eigenvalue weighted by Crippen LogP contribution is -2.07. The number of nitrogen functional groups attached to an aromatic ring is 1. The summed E-state index contributed by atoms with van der Waals surface area (Å²) in [7, 11) is 0. The molecular formula is C15H14F3NO2. The summed E-state index contributed by atoms with van der Waals surface area (Å²) >= 11 is 0. The Hall–Kier alpha value is -2.37. The van der Waals surface area contributed by atoms with Crippen molar-refractivity contribution in [3.8, 4) is 17.2 Å². The summed E-state index contributed by atoms with van der Waals surface area (Å²) < 4.78 is 50.8. The van der Waals surface area contributed by atoms with E-state index in [4.69, 9.17) is 15.2 Å². The smallest absolute Gasteiger partial charge is 0.167 e. The Kier molecular flexibility index (Phi) is 4.26. The van der Waals surface area contributed by atoms with Crippen LogP contribution in [0.1, 0.15) is 13.8 Å². The molecule has 0 heterocycles. The molecule has 0 aliphatic carbocycles. The molecule has 2 N–H and O–H groups in total. The van der Waals surface area contributed by atoms with Gasteiger partial charge in [0.15, 0.2) is 28.9 Å². The molecule has 0 amide bonds. The van der Waals surface area contributed by atoms with Crippen molar-refractivity contribution in [3.05, 3.63) is 47.8 Å². The van der Waals surface area contributed by atoms with Crippen molar-refractivity contribution in [3.63, 3.8) is 0 Å². The minimum Gasteiger partial charge on any atom is -0.488 e. The van der Waals surface area contributed by atoms with E-state index in [-0.39, 0.29) is 29.0 Å². The van der Waals surface area contributed by atoms with Crippen LogP contribution in [-0.2, 0) is 0 Å². The Balaban J connectivity index is 2.37. The average Bonchev–Trinajstić information content (AvgIpc) is 2.39. The summed E-state index contributed by atoms with van der Waals surface area (Å²) in [5, 5.41) is 0. The first kappa shape index (κ1) is 15.0. The predicted octanol–water partition coefficient (Wildman–Crippen LogP) is 4.27. The van der Waals surface area contributed by atoms with Crippen LogP contribution in [0.5, 0.6) is 17.2 Å². The van der Waals surface area contributed by atoms with Crippen molar-refractivity contribution in [2.45, 2.75) is 20.0 Å². The first-order valence-electron chi connectivity index (χ1n) is 6.25. The number of anilines is 1. The highest BCUT2D eigenvalue weighted by Crippen LogP contribution is 2.35. The number of halogens is 3. The number of hydrogen-bond acceptors (Lipinski definition) is 3. The van der Waals surface area contributed by atoms with Crippen LogP contribution in [-0.4, -0.2) is 6.10 Å². The minimum absolute atomic E-state index is 0.0171. The predicted molar refractivity (Wildman–Crippen MR) is 73.0 cm³/mol. The van der Waals surface area contributed by atoms with Gasteiger partial charge >= 0.3 is 0 Å². The zero-order valence-electron chi connectivity index (χ0n) is 11.5. The van der Waals surface area contributed by atoms with Gasteiger partial charge in [-0.3, -0.25) is 0 Å². The van der Waals surface area contributed by atoms with Crippen LogP contribution in [0.15, 0.2) is 30.3 Å². The second-order valence-corrected chi connectivity index (χ2v) is 4.66. The van der Waals surface area contributed by atoms with Gasteiger partial charge in [-0.2, -0.15) is 0 Å². The molecule has 0 saturated carbocycles. The van der Waals surface area contributed by atoms with Gasteiger partial charge in [0.05, 0.1) is 11.8 Å². The molecule has 2 aromatic rings. The van der Waals surface area contributed by atoms with Crippen LogP contribution in [0.25, 0.3) is 0 Å². The second kappa shape index (κ2) is 5.95. The number of nitrogens with two attached hydrogens (primary N) is 1. The van der Waals surface area contributed by atoms with Gasteiger partial charge in [-0.05, 0) is 26.0 Å². The molecule has 0 aromatic heterocycles. The molecule has 0 aliphatic rings. The average molecular weight is 297 g/mol. The highest BCUT2D eigenvalue weighted by molar-refractivity contribution is 5.57. The lowest BCUT2D eigenvalue weighted by Gasteiger charge is -2.14. The van der Waals surface area contributed by atoms with Crippen LogP contribution in [0.2, 0.25) is 0 Å². The van der Waals surface area contributed by atoms with Gasteiger partial charge in [0.25, 0.3) is 0 Å². The molecule has 0 unspecified atom stereocenters. The van der Waals surface area contributed by atoms with E-state index in [2.05, 4.69) is 0 Å². The molecule has 0 radical (unpaired) electrons. The lowest BCUT2D eigenvalue weighted by molar-refractivity contribution is 0.230. The van der Waals surface area contributed by atoms with Gasteiger partial charge in [0.2, 0.25) is 0 Å². The minimum atomic E-state index is -0.758. The molecule has 0 atom stereocenters. The summed E-state index contributed by atoms with van der Waals surface area (Å²) in [5.41, 5.74) is 5.57. The number of rotatable bonds is 4. The molecule has 6 heteroatoms. The Bertz CT molecular complexity index is 660. The highest BCUT2D eigenvalue weighted by Gasteiger charge is 2.14. The molecule has 21 heavy (non-hydrogen) atoms. The van der Waals surface area contributed by atoms with Gasteiger partial charge in [-0.25, -0.2) is 13.2 Å². The normalized spacial score (nSPS) is 10.8. The van der Waals surface area contributed by atoms with E-state index < -0.39 is 17.5 Å². The molecule has 0 aliphatic heterocycles. The van der Waals surface area contributed by atoms with E-state index in [1.165, 1.54) is 6.07 Å². The quantitative estimate of drug-likeness (QED) is 0.857. The Labute approximate surface area is 120 Å². The summed E-state index contributed by atoms with van der Waals surface area (Å²) in [6, 6.07) is 4.97. The first-order chi connectivity index (χ1) is 9.86. The molecule has 0 saturated heterocycles. The Morgan fingerprint density at radius 1 is 0.905 bits per heavy atom. The number of hydrogen-bond donors (Lipinski definition) is 1. The maximum absolute atomic E-state index is 13.7. The molecule has 0 fully saturated rings. The molecule has 0 spiro atoms. The second-order valence-electron chi connectivity index (χ2n) is 4.66. The number of ether oxygens (including phenoxy) is 2. The van der Waals surface area contributed by atoms with Crippen LogP contribution in [0.4, 0.5) is 18.9 Å². The third-order valence-corrected chi connectivity index (χ3v) is 2.54. The fourth-order valence-corrected chi connectivity index (χ4v) is 1.66. The molecule has 0 bridgehead atoms. The van der Waals surface area contributed by atoms with E-state index >= 15 is 0 Å².